The molecule has 0 saturated heterocycles. The number of halogens is 1. The molecule has 10 nitrogen and oxygen atoms in total. The average molecular weight is 559 g/mol. The maximum atomic E-state index is 13.7. The second-order valence-corrected chi connectivity index (χ2v) is 10.6. The van der Waals surface area contributed by atoms with Gasteiger partial charge in [-0.25, -0.2) is 8.42 Å². The highest BCUT2D eigenvalue weighted by Crippen LogP contribution is 2.27. The normalized spacial score (nSPS) is 11.9. The number of benzene rings is 3. The van der Waals surface area contributed by atoms with Gasteiger partial charge < -0.3 is 10.2 Å². The molecule has 1 unspecified atom stereocenters. The van der Waals surface area contributed by atoms with E-state index in [-0.39, 0.29) is 22.8 Å². The van der Waals surface area contributed by atoms with Gasteiger partial charge in [-0.2, -0.15) is 0 Å². The molecule has 0 fully saturated rings. The highest BCUT2D eigenvalue weighted by Gasteiger charge is 2.32. The molecular formula is C26H27ClN4O6S. The fraction of sp³-hybridized carbons (Fsp3) is 0.231. The number of carbonyl (C=O) groups is 2. The van der Waals surface area contributed by atoms with Gasteiger partial charge in [-0.05, 0) is 49.7 Å². The number of nitrogens with zero attached hydrogens (tertiary/aromatic N) is 3. The Bertz CT molecular complexity index is 1400. The third-order valence-corrected chi connectivity index (χ3v) is 7.93. The molecule has 0 heterocycles. The zero-order chi connectivity index (χ0) is 27.9. The van der Waals surface area contributed by atoms with Crippen LogP contribution in [0, 0.1) is 10.1 Å². The van der Waals surface area contributed by atoms with Crippen LogP contribution >= 0.6 is 11.6 Å². The number of nitro groups is 1. The van der Waals surface area contributed by atoms with Crippen molar-refractivity contribution in [1.29, 1.82) is 0 Å². The van der Waals surface area contributed by atoms with Crippen LogP contribution in [0.15, 0.2) is 83.8 Å². The lowest BCUT2D eigenvalue weighted by atomic mass is 10.1. The second kappa shape index (κ2) is 12.5. The molecule has 0 bridgehead atoms. The van der Waals surface area contributed by atoms with Gasteiger partial charge in [0.05, 0.1) is 15.5 Å². The maximum Gasteiger partial charge on any atom is 0.269 e. The van der Waals surface area contributed by atoms with Gasteiger partial charge in [0.25, 0.3) is 15.7 Å². The molecular weight excluding hydrogens is 532 g/mol. The SMILES string of the molecule is CCNC(=O)C(C)N(Cc1ccccc1Cl)C(=O)CN(c1ccc([N+](=O)[O-])cc1)S(=O)(=O)c1ccccc1. The molecule has 200 valence electrons. The lowest BCUT2D eigenvalue weighted by Crippen LogP contribution is -2.51. The summed E-state index contributed by atoms with van der Waals surface area (Å²) >= 11 is 6.31. The molecule has 3 aromatic rings. The number of amides is 2. The zero-order valence-electron chi connectivity index (χ0n) is 20.8. The first kappa shape index (κ1) is 28.6. The van der Waals surface area contributed by atoms with Crippen molar-refractivity contribution in [2.75, 3.05) is 17.4 Å². The number of sulfonamides is 1. The first-order chi connectivity index (χ1) is 18.1. The fourth-order valence-corrected chi connectivity index (χ4v) is 5.33. The number of carbonyl (C=O) groups excluding carboxylic acids is 2. The summed E-state index contributed by atoms with van der Waals surface area (Å²) in [6.45, 7) is 2.92. The van der Waals surface area contributed by atoms with Crippen molar-refractivity contribution in [3.05, 3.63) is 99.6 Å². The van der Waals surface area contributed by atoms with Crippen LogP contribution in [0.3, 0.4) is 0 Å². The molecule has 0 aliphatic carbocycles. The Labute approximate surface area is 226 Å². The van der Waals surface area contributed by atoms with E-state index >= 15 is 0 Å². The first-order valence-corrected chi connectivity index (χ1v) is 13.5. The summed E-state index contributed by atoms with van der Waals surface area (Å²) in [5.74, 6) is -1.08. The minimum Gasteiger partial charge on any atom is -0.355 e. The number of rotatable bonds is 11. The van der Waals surface area contributed by atoms with Gasteiger partial charge in [0.1, 0.15) is 12.6 Å². The number of anilines is 1. The molecule has 2 amide bonds. The predicted octanol–water partition coefficient (Wildman–Crippen LogP) is 4.00. The van der Waals surface area contributed by atoms with Crippen LogP contribution in [0.4, 0.5) is 11.4 Å². The number of non-ortho nitro benzene ring substituents is 1. The van der Waals surface area contributed by atoms with Gasteiger partial charge in [0, 0.05) is 30.2 Å². The molecule has 3 rings (SSSR count). The standard InChI is InChI=1S/C26H27ClN4O6S/c1-3-28-26(33)19(2)29(17-20-9-7-8-12-24(20)27)25(32)18-30(21-13-15-22(16-14-21)31(34)35)38(36,37)23-10-5-4-6-11-23/h4-16,19H,3,17-18H2,1-2H3,(H,28,33). The Morgan fingerprint density at radius 3 is 2.18 bits per heavy atom. The van der Waals surface area contributed by atoms with E-state index in [1.807, 2.05) is 0 Å². The number of nitrogens with one attached hydrogen (secondary N) is 1. The molecule has 0 spiro atoms. The van der Waals surface area contributed by atoms with Gasteiger partial charge in [-0.1, -0.05) is 48.0 Å². The van der Waals surface area contributed by atoms with Gasteiger partial charge in [0.2, 0.25) is 11.8 Å². The van der Waals surface area contributed by atoms with Gasteiger partial charge in [0.15, 0.2) is 0 Å². The number of hydrogen-bond donors (Lipinski definition) is 1. The molecule has 0 radical (unpaired) electrons. The van der Waals surface area contributed by atoms with Crippen LogP contribution in [0.25, 0.3) is 0 Å². The molecule has 12 heteroatoms. The van der Waals surface area contributed by atoms with Crippen molar-refractivity contribution in [2.24, 2.45) is 0 Å². The fourth-order valence-electron chi connectivity index (χ4n) is 3.70. The summed E-state index contributed by atoms with van der Waals surface area (Å²) in [4.78, 5) is 38.1. The van der Waals surface area contributed by atoms with Crippen LogP contribution in [-0.2, 0) is 26.2 Å². The Morgan fingerprint density at radius 2 is 1.61 bits per heavy atom. The van der Waals surface area contributed by atoms with Crippen LogP contribution in [0.5, 0.6) is 0 Å². The molecule has 0 saturated carbocycles. The van der Waals surface area contributed by atoms with Crippen molar-refractivity contribution < 1.29 is 22.9 Å². The van der Waals surface area contributed by atoms with Crippen LogP contribution in [-0.4, -0.2) is 49.2 Å². The van der Waals surface area contributed by atoms with Crippen LogP contribution in [0.2, 0.25) is 5.02 Å². The third kappa shape index (κ3) is 6.67. The Balaban J connectivity index is 2.05. The van der Waals surface area contributed by atoms with E-state index in [1.54, 1.807) is 56.3 Å². The average Bonchev–Trinajstić information content (AvgIpc) is 2.91. The summed E-state index contributed by atoms with van der Waals surface area (Å²) in [7, 11) is -4.26. The monoisotopic (exact) mass is 558 g/mol. The van der Waals surface area contributed by atoms with Gasteiger partial charge >= 0.3 is 0 Å². The molecule has 0 aliphatic heterocycles. The van der Waals surface area contributed by atoms with Crippen molar-refractivity contribution in [2.45, 2.75) is 31.3 Å². The van der Waals surface area contributed by atoms with Gasteiger partial charge in [-0.15, -0.1) is 0 Å². The van der Waals surface area contributed by atoms with E-state index in [9.17, 15) is 28.1 Å². The predicted molar refractivity (Wildman–Crippen MR) is 144 cm³/mol. The van der Waals surface area contributed by atoms with Crippen molar-refractivity contribution in [3.63, 3.8) is 0 Å². The van der Waals surface area contributed by atoms with Gasteiger partial charge in [-0.3, -0.25) is 24.0 Å². The summed E-state index contributed by atoms with van der Waals surface area (Å²) in [5, 5.41) is 14.2. The molecule has 3 aromatic carbocycles. The summed E-state index contributed by atoms with van der Waals surface area (Å²) < 4.78 is 28.2. The van der Waals surface area contributed by atoms with E-state index < -0.39 is 39.3 Å². The minimum absolute atomic E-state index is 0.0453. The highest BCUT2D eigenvalue weighted by molar-refractivity contribution is 7.92. The van der Waals surface area contributed by atoms with Crippen molar-refractivity contribution in [3.8, 4) is 0 Å². The highest BCUT2D eigenvalue weighted by atomic mass is 35.5. The second-order valence-electron chi connectivity index (χ2n) is 8.28. The number of likely N-dealkylation sites (N-methyl/N-ethyl adjacent to an activating group) is 1. The minimum atomic E-state index is -4.26. The first-order valence-electron chi connectivity index (χ1n) is 11.7. The Hall–Kier alpha value is -3.96. The van der Waals surface area contributed by atoms with Crippen molar-refractivity contribution in [1.82, 2.24) is 10.2 Å². The van der Waals surface area contributed by atoms with E-state index in [4.69, 9.17) is 11.6 Å². The lowest BCUT2D eigenvalue weighted by molar-refractivity contribution is -0.384. The summed E-state index contributed by atoms with van der Waals surface area (Å²) in [6, 6.07) is 18.2. The molecule has 0 aromatic heterocycles. The zero-order valence-corrected chi connectivity index (χ0v) is 22.4. The van der Waals surface area contributed by atoms with E-state index in [0.717, 1.165) is 16.4 Å². The van der Waals surface area contributed by atoms with E-state index in [2.05, 4.69) is 5.32 Å². The Kier molecular flexibility index (Phi) is 9.43. The quantitative estimate of drug-likeness (QED) is 0.280. The largest absolute Gasteiger partial charge is 0.355 e. The molecule has 1 N–H and O–H groups in total. The third-order valence-electron chi connectivity index (χ3n) is 5.78. The Morgan fingerprint density at radius 1 is 1.00 bits per heavy atom. The lowest BCUT2D eigenvalue weighted by Gasteiger charge is -2.32. The van der Waals surface area contributed by atoms with Crippen molar-refractivity contribution >= 4 is 44.8 Å². The molecule has 0 aliphatic rings. The summed E-state index contributed by atoms with van der Waals surface area (Å²) in [6.07, 6.45) is 0. The van der Waals surface area contributed by atoms with E-state index in [0.29, 0.717) is 17.1 Å². The topological polar surface area (TPSA) is 130 Å². The number of nitro benzene ring substituents is 1. The molecule has 1 atom stereocenters. The molecule has 38 heavy (non-hydrogen) atoms. The van der Waals surface area contributed by atoms with E-state index in [1.165, 1.54) is 29.2 Å². The summed E-state index contributed by atoms with van der Waals surface area (Å²) in [5.41, 5.74) is 0.393. The maximum absolute atomic E-state index is 13.7. The van der Waals surface area contributed by atoms with Crippen LogP contribution in [0.1, 0.15) is 19.4 Å². The van der Waals surface area contributed by atoms with Crippen LogP contribution < -0.4 is 9.62 Å². The number of hydrogen-bond acceptors (Lipinski definition) is 6. The smallest absolute Gasteiger partial charge is 0.269 e.